The first kappa shape index (κ1) is 26.8. The molecule has 0 spiro atoms. The van der Waals surface area contributed by atoms with Gasteiger partial charge in [-0.25, -0.2) is 4.79 Å². The number of hydrogen-bond donors (Lipinski definition) is 2. The van der Waals surface area contributed by atoms with Gasteiger partial charge in [-0.1, -0.05) is 57.6 Å². The number of carboxylic acid groups (broad SMARTS) is 2. The van der Waals surface area contributed by atoms with Crippen LogP contribution in [0.5, 0.6) is 0 Å². The zero-order chi connectivity index (χ0) is 25.5. The molecule has 34 heavy (non-hydrogen) atoms. The lowest BCUT2D eigenvalue weighted by Gasteiger charge is -2.60. The Morgan fingerprint density at radius 1 is 1.18 bits per heavy atom. The van der Waals surface area contributed by atoms with Crippen LogP contribution in [0.25, 0.3) is 0 Å². The molecule has 0 amide bonds. The summed E-state index contributed by atoms with van der Waals surface area (Å²) in [7, 11) is 0. The van der Waals surface area contributed by atoms with E-state index >= 15 is 0 Å². The van der Waals surface area contributed by atoms with Gasteiger partial charge in [-0.2, -0.15) is 0 Å². The van der Waals surface area contributed by atoms with Crippen molar-refractivity contribution < 1.29 is 19.8 Å². The summed E-state index contributed by atoms with van der Waals surface area (Å²) in [6.07, 6.45) is 12.9. The Balaban J connectivity index is 1.87. The lowest BCUT2D eigenvalue weighted by molar-refractivity contribution is -0.138. The molecule has 0 aromatic rings. The highest BCUT2D eigenvalue weighted by molar-refractivity contribution is 5.85. The van der Waals surface area contributed by atoms with Crippen molar-refractivity contribution in [1.29, 1.82) is 0 Å². The van der Waals surface area contributed by atoms with Gasteiger partial charge in [0.1, 0.15) is 0 Å². The second-order valence-corrected chi connectivity index (χ2v) is 12.4. The molecular formula is C30H46O4. The summed E-state index contributed by atoms with van der Waals surface area (Å²) in [5, 5.41) is 18.6. The summed E-state index contributed by atoms with van der Waals surface area (Å²) in [4.78, 5) is 22.7. The van der Waals surface area contributed by atoms with Crippen LogP contribution in [-0.4, -0.2) is 22.2 Å². The minimum absolute atomic E-state index is 0.0541. The lowest BCUT2D eigenvalue weighted by Crippen LogP contribution is -2.52. The SMILES string of the molecule is C=C(C)[C@@H]1CC=C2[C@@H](CC[C@]3(C)[C@@H]([C@H](C)CC/C=C(/C)C(=O)O)CC[C@@]23C)[C@@]1(C)CCC(=O)O. The zero-order valence-corrected chi connectivity index (χ0v) is 22.2. The number of rotatable bonds is 9. The van der Waals surface area contributed by atoms with Gasteiger partial charge in [-0.15, -0.1) is 0 Å². The van der Waals surface area contributed by atoms with Gasteiger partial charge in [0.15, 0.2) is 0 Å². The van der Waals surface area contributed by atoms with E-state index in [0.29, 0.717) is 35.7 Å². The third-order valence-electron chi connectivity index (χ3n) is 10.7. The highest BCUT2D eigenvalue weighted by Gasteiger charge is 2.63. The number of hydrogen-bond acceptors (Lipinski definition) is 2. The van der Waals surface area contributed by atoms with Crippen LogP contribution in [0.2, 0.25) is 0 Å². The second kappa shape index (κ2) is 9.66. The standard InChI is InChI=1S/C30H46O4/c1-19(2)22-11-12-25-24(28(22,5)16-15-26(31)32)14-18-29(6)23(13-17-30(25,29)7)20(3)9-8-10-21(4)27(33)34/h10,12,20,22-24H,1,8-9,11,13-18H2,2-7H3,(H,31,32)(H,33,34)/b21-10-/t20-,22+,23-,24-,28+,29-,30+/m1/s1. The second-order valence-electron chi connectivity index (χ2n) is 12.4. The van der Waals surface area contributed by atoms with Crippen molar-refractivity contribution in [1.82, 2.24) is 0 Å². The normalized spacial score (nSPS) is 38.5. The molecule has 3 rings (SSSR count). The fourth-order valence-electron chi connectivity index (χ4n) is 8.44. The molecule has 4 heteroatoms. The lowest BCUT2D eigenvalue weighted by atomic mass is 9.44. The summed E-state index contributed by atoms with van der Waals surface area (Å²) in [5.74, 6) is 0.416. The van der Waals surface area contributed by atoms with Crippen LogP contribution in [-0.2, 0) is 9.59 Å². The molecule has 0 aromatic heterocycles. The van der Waals surface area contributed by atoms with E-state index in [0.717, 1.165) is 25.7 Å². The topological polar surface area (TPSA) is 74.6 Å². The molecular weight excluding hydrogens is 424 g/mol. The van der Waals surface area contributed by atoms with Gasteiger partial charge in [0.2, 0.25) is 0 Å². The van der Waals surface area contributed by atoms with E-state index in [-0.39, 0.29) is 22.7 Å². The van der Waals surface area contributed by atoms with Gasteiger partial charge < -0.3 is 10.2 Å². The first-order valence-electron chi connectivity index (χ1n) is 13.3. The third-order valence-corrected chi connectivity index (χ3v) is 10.7. The van der Waals surface area contributed by atoms with Gasteiger partial charge in [-0.3, -0.25) is 4.79 Å². The molecule has 3 aliphatic carbocycles. The van der Waals surface area contributed by atoms with Gasteiger partial charge in [0.05, 0.1) is 0 Å². The van der Waals surface area contributed by atoms with Crippen molar-refractivity contribution in [2.45, 2.75) is 99.3 Å². The fourth-order valence-corrected chi connectivity index (χ4v) is 8.44. The van der Waals surface area contributed by atoms with Crippen molar-refractivity contribution >= 4 is 11.9 Å². The summed E-state index contributed by atoms with van der Waals surface area (Å²) in [5.41, 5.74) is 3.54. The Bertz CT molecular complexity index is 897. The summed E-state index contributed by atoms with van der Waals surface area (Å²) >= 11 is 0. The molecule has 0 bridgehead atoms. The fraction of sp³-hybridized carbons (Fsp3) is 0.733. The van der Waals surface area contributed by atoms with E-state index in [1.54, 1.807) is 12.5 Å². The molecule has 2 saturated carbocycles. The van der Waals surface area contributed by atoms with Crippen LogP contribution in [0.15, 0.2) is 35.5 Å². The number of aliphatic carboxylic acids is 2. The van der Waals surface area contributed by atoms with E-state index in [1.807, 2.05) is 6.08 Å². The molecule has 2 fully saturated rings. The van der Waals surface area contributed by atoms with Crippen LogP contribution < -0.4 is 0 Å². The van der Waals surface area contributed by atoms with Crippen LogP contribution in [0, 0.1) is 39.9 Å². The summed E-state index contributed by atoms with van der Waals surface area (Å²) < 4.78 is 0. The van der Waals surface area contributed by atoms with Crippen LogP contribution >= 0.6 is 0 Å². The molecule has 0 saturated heterocycles. The van der Waals surface area contributed by atoms with Gasteiger partial charge >= 0.3 is 11.9 Å². The third kappa shape index (κ3) is 4.42. The van der Waals surface area contributed by atoms with Gasteiger partial charge in [0.25, 0.3) is 0 Å². The van der Waals surface area contributed by atoms with Crippen LogP contribution in [0.4, 0.5) is 0 Å². The number of allylic oxidation sites excluding steroid dienone is 4. The van der Waals surface area contributed by atoms with E-state index in [1.165, 1.54) is 24.8 Å². The van der Waals surface area contributed by atoms with Crippen LogP contribution in [0.1, 0.15) is 99.3 Å². The molecule has 0 heterocycles. The van der Waals surface area contributed by atoms with E-state index < -0.39 is 11.9 Å². The Morgan fingerprint density at radius 3 is 2.44 bits per heavy atom. The Labute approximate surface area is 206 Å². The Kier molecular flexibility index (Phi) is 7.60. The average Bonchev–Trinajstić information content (AvgIpc) is 3.03. The van der Waals surface area contributed by atoms with Crippen LogP contribution in [0.3, 0.4) is 0 Å². The maximum Gasteiger partial charge on any atom is 0.330 e. The first-order chi connectivity index (χ1) is 15.8. The van der Waals surface area contributed by atoms with Gasteiger partial charge in [-0.05, 0) is 105 Å². The molecule has 4 nitrogen and oxygen atoms in total. The molecule has 2 N–H and O–H groups in total. The minimum atomic E-state index is -0.824. The Morgan fingerprint density at radius 2 is 1.85 bits per heavy atom. The number of carbonyl (C=O) groups is 2. The predicted octanol–water partition coefficient (Wildman–Crippen LogP) is 7.66. The first-order valence-corrected chi connectivity index (χ1v) is 13.3. The summed E-state index contributed by atoms with van der Waals surface area (Å²) in [6.45, 7) is 17.8. The molecule has 7 atom stereocenters. The molecule has 190 valence electrons. The van der Waals surface area contributed by atoms with E-state index in [2.05, 4.69) is 47.3 Å². The molecule has 0 radical (unpaired) electrons. The molecule has 0 aliphatic heterocycles. The maximum absolute atomic E-state index is 11.5. The highest BCUT2D eigenvalue weighted by Crippen LogP contribution is 2.71. The average molecular weight is 471 g/mol. The maximum atomic E-state index is 11.5. The molecule has 0 aromatic carbocycles. The predicted molar refractivity (Wildman–Crippen MR) is 137 cm³/mol. The van der Waals surface area contributed by atoms with Crippen molar-refractivity contribution in [3.05, 3.63) is 35.5 Å². The molecule has 0 unspecified atom stereocenters. The van der Waals surface area contributed by atoms with Gasteiger partial charge in [0, 0.05) is 12.0 Å². The number of carboxylic acids is 2. The van der Waals surface area contributed by atoms with E-state index in [9.17, 15) is 14.7 Å². The zero-order valence-electron chi connectivity index (χ0n) is 22.2. The monoisotopic (exact) mass is 470 g/mol. The summed E-state index contributed by atoms with van der Waals surface area (Å²) in [6, 6.07) is 0. The number of fused-ring (bicyclic) bond motifs is 3. The molecule has 3 aliphatic rings. The Hall–Kier alpha value is -1.84. The van der Waals surface area contributed by atoms with Crippen molar-refractivity contribution in [2.75, 3.05) is 0 Å². The smallest absolute Gasteiger partial charge is 0.330 e. The largest absolute Gasteiger partial charge is 0.481 e. The van der Waals surface area contributed by atoms with Crippen molar-refractivity contribution in [3.63, 3.8) is 0 Å². The van der Waals surface area contributed by atoms with Crippen molar-refractivity contribution in [2.24, 2.45) is 39.9 Å². The highest BCUT2D eigenvalue weighted by atomic mass is 16.4. The van der Waals surface area contributed by atoms with Crippen molar-refractivity contribution in [3.8, 4) is 0 Å². The minimum Gasteiger partial charge on any atom is -0.481 e. The van der Waals surface area contributed by atoms with E-state index in [4.69, 9.17) is 5.11 Å². The quantitative estimate of drug-likeness (QED) is 0.268.